The number of carbonyl (C=O) groups excluding carboxylic acids is 1. The fourth-order valence-corrected chi connectivity index (χ4v) is 2.97. The molecule has 2 N–H and O–H groups in total. The molecular formula is C16H9N3O3S. The van der Waals surface area contributed by atoms with Gasteiger partial charge < -0.3 is 10.4 Å². The molecule has 112 valence electrons. The average Bonchev–Trinajstić information content (AvgIpc) is 2.99. The van der Waals surface area contributed by atoms with Crippen LogP contribution in [-0.4, -0.2) is 22.0 Å². The molecule has 0 aliphatic rings. The van der Waals surface area contributed by atoms with E-state index in [0.717, 1.165) is 10.2 Å². The van der Waals surface area contributed by atoms with Crippen molar-refractivity contribution in [2.45, 2.75) is 0 Å². The number of nitrogens with zero attached hydrogens (tertiary/aromatic N) is 2. The molecule has 0 aliphatic carbocycles. The maximum absolute atomic E-state index is 12.3. The number of hydrogen-bond donors (Lipinski definition) is 2. The maximum atomic E-state index is 12.3. The number of carboxylic acids is 1. The van der Waals surface area contributed by atoms with Gasteiger partial charge in [-0.15, -0.1) is 11.3 Å². The summed E-state index contributed by atoms with van der Waals surface area (Å²) in [7, 11) is 0. The molecule has 0 unspecified atom stereocenters. The Labute approximate surface area is 134 Å². The minimum atomic E-state index is -1.21. The van der Waals surface area contributed by atoms with Crippen molar-refractivity contribution < 1.29 is 14.7 Å². The SMILES string of the molecule is N#Cc1ccc(NC(=O)c2cc3cccnc3s2)c(C(=O)O)c1. The van der Waals surface area contributed by atoms with E-state index in [2.05, 4.69) is 10.3 Å². The number of aromatic carboxylic acids is 1. The zero-order chi connectivity index (χ0) is 16.4. The average molecular weight is 323 g/mol. The van der Waals surface area contributed by atoms with Crippen molar-refractivity contribution in [2.24, 2.45) is 0 Å². The number of pyridine rings is 1. The highest BCUT2D eigenvalue weighted by molar-refractivity contribution is 7.20. The monoisotopic (exact) mass is 323 g/mol. The normalized spacial score (nSPS) is 10.2. The van der Waals surface area contributed by atoms with Gasteiger partial charge in [0, 0.05) is 11.6 Å². The second-order valence-corrected chi connectivity index (χ2v) is 5.67. The molecule has 0 aliphatic heterocycles. The second-order valence-electron chi connectivity index (χ2n) is 4.64. The second kappa shape index (κ2) is 5.87. The first-order chi connectivity index (χ1) is 11.1. The minimum absolute atomic E-state index is 0.128. The molecule has 0 radical (unpaired) electrons. The van der Waals surface area contributed by atoms with Gasteiger partial charge >= 0.3 is 5.97 Å². The van der Waals surface area contributed by atoms with Crippen molar-refractivity contribution in [1.82, 2.24) is 4.98 Å². The molecule has 0 fully saturated rings. The number of aromatic nitrogens is 1. The number of fused-ring (bicyclic) bond motifs is 1. The van der Waals surface area contributed by atoms with Crippen molar-refractivity contribution in [3.05, 3.63) is 58.6 Å². The highest BCUT2D eigenvalue weighted by Gasteiger charge is 2.16. The van der Waals surface area contributed by atoms with E-state index < -0.39 is 11.9 Å². The first-order valence-corrected chi connectivity index (χ1v) is 7.33. The third kappa shape index (κ3) is 2.88. The molecule has 0 bridgehead atoms. The van der Waals surface area contributed by atoms with Crippen LogP contribution in [0.1, 0.15) is 25.6 Å². The number of anilines is 1. The molecule has 23 heavy (non-hydrogen) atoms. The van der Waals surface area contributed by atoms with Gasteiger partial charge in [0.1, 0.15) is 4.83 Å². The number of amides is 1. The van der Waals surface area contributed by atoms with Crippen LogP contribution in [0, 0.1) is 11.3 Å². The van der Waals surface area contributed by atoms with Gasteiger partial charge in [0.05, 0.1) is 27.8 Å². The lowest BCUT2D eigenvalue weighted by molar-refractivity contribution is 0.0698. The molecule has 0 saturated carbocycles. The molecule has 1 amide bonds. The van der Waals surface area contributed by atoms with Crippen molar-refractivity contribution in [1.29, 1.82) is 5.26 Å². The van der Waals surface area contributed by atoms with Crippen LogP contribution < -0.4 is 5.32 Å². The van der Waals surface area contributed by atoms with E-state index in [1.165, 1.54) is 29.5 Å². The van der Waals surface area contributed by atoms with E-state index in [9.17, 15) is 14.7 Å². The summed E-state index contributed by atoms with van der Waals surface area (Å²) in [4.78, 5) is 28.9. The van der Waals surface area contributed by atoms with Gasteiger partial charge in [0.15, 0.2) is 0 Å². The molecule has 3 rings (SSSR count). The molecule has 0 spiro atoms. The molecule has 7 heteroatoms. The van der Waals surface area contributed by atoms with Crippen LogP contribution >= 0.6 is 11.3 Å². The summed E-state index contributed by atoms with van der Waals surface area (Å²) < 4.78 is 0. The van der Waals surface area contributed by atoms with Crippen LogP contribution in [0.3, 0.4) is 0 Å². The Hall–Kier alpha value is -3.24. The van der Waals surface area contributed by atoms with Crippen molar-refractivity contribution in [3.8, 4) is 6.07 Å². The lowest BCUT2D eigenvalue weighted by Crippen LogP contribution is -2.13. The Morgan fingerprint density at radius 1 is 1.26 bits per heavy atom. The van der Waals surface area contributed by atoms with E-state index >= 15 is 0 Å². The summed E-state index contributed by atoms with van der Waals surface area (Å²) in [6.45, 7) is 0. The quantitative estimate of drug-likeness (QED) is 0.771. The number of nitrogens with one attached hydrogen (secondary N) is 1. The Bertz CT molecular complexity index is 939. The van der Waals surface area contributed by atoms with Crippen LogP contribution in [0.15, 0.2) is 42.6 Å². The van der Waals surface area contributed by atoms with Gasteiger partial charge in [-0.3, -0.25) is 4.79 Å². The standard InChI is InChI=1S/C16H9N3O3S/c17-8-9-3-4-12(11(6-9)16(21)22)19-14(20)13-7-10-2-1-5-18-15(10)23-13/h1-7H,(H,19,20)(H,21,22). The van der Waals surface area contributed by atoms with Crippen LogP contribution in [-0.2, 0) is 0 Å². The number of thiophene rings is 1. The van der Waals surface area contributed by atoms with Crippen LogP contribution in [0.5, 0.6) is 0 Å². The number of nitriles is 1. The summed E-state index contributed by atoms with van der Waals surface area (Å²) in [6, 6.07) is 11.3. The van der Waals surface area contributed by atoms with Crippen LogP contribution in [0.4, 0.5) is 5.69 Å². The highest BCUT2D eigenvalue weighted by Crippen LogP contribution is 2.25. The lowest BCUT2D eigenvalue weighted by atomic mass is 10.1. The highest BCUT2D eigenvalue weighted by atomic mass is 32.1. The molecule has 2 aromatic heterocycles. The maximum Gasteiger partial charge on any atom is 0.337 e. The van der Waals surface area contributed by atoms with Gasteiger partial charge in [-0.2, -0.15) is 5.26 Å². The summed E-state index contributed by atoms with van der Waals surface area (Å²) in [5.41, 5.74) is 0.231. The smallest absolute Gasteiger partial charge is 0.337 e. The van der Waals surface area contributed by atoms with Gasteiger partial charge in [-0.1, -0.05) is 6.07 Å². The molecule has 0 atom stereocenters. The minimum Gasteiger partial charge on any atom is -0.478 e. The number of carbonyl (C=O) groups is 2. The molecule has 1 aromatic carbocycles. The topological polar surface area (TPSA) is 103 Å². The summed E-state index contributed by atoms with van der Waals surface area (Å²) in [5, 5.41) is 21.5. The molecule has 6 nitrogen and oxygen atoms in total. The Kier molecular flexibility index (Phi) is 3.75. The van der Waals surface area contributed by atoms with Gasteiger partial charge in [-0.05, 0) is 30.3 Å². The predicted octanol–water partition coefficient (Wildman–Crippen LogP) is 3.12. The molecule has 0 saturated heterocycles. The van der Waals surface area contributed by atoms with E-state index in [0.29, 0.717) is 4.88 Å². The van der Waals surface area contributed by atoms with E-state index in [1.54, 1.807) is 18.3 Å². The van der Waals surface area contributed by atoms with E-state index in [-0.39, 0.29) is 16.8 Å². The van der Waals surface area contributed by atoms with Gasteiger partial charge in [0.25, 0.3) is 5.91 Å². The third-order valence-electron chi connectivity index (χ3n) is 3.14. The zero-order valence-electron chi connectivity index (χ0n) is 11.6. The lowest BCUT2D eigenvalue weighted by Gasteiger charge is -2.07. The van der Waals surface area contributed by atoms with Crippen molar-refractivity contribution >= 4 is 39.1 Å². The summed E-state index contributed by atoms with van der Waals surface area (Å²) in [5.74, 6) is -1.63. The number of benzene rings is 1. The Balaban J connectivity index is 1.93. The van der Waals surface area contributed by atoms with Gasteiger partial charge in [-0.25, -0.2) is 9.78 Å². The fraction of sp³-hybridized carbons (Fsp3) is 0. The van der Waals surface area contributed by atoms with E-state index in [1.807, 2.05) is 12.1 Å². The Morgan fingerprint density at radius 2 is 2.09 bits per heavy atom. The van der Waals surface area contributed by atoms with E-state index in [4.69, 9.17) is 5.26 Å². The third-order valence-corrected chi connectivity index (χ3v) is 4.20. The van der Waals surface area contributed by atoms with Crippen molar-refractivity contribution in [2.75, 3.05) is 5.32 Å². The largest absolute Gasteiger partial charge is 0.478 e. The van der Waals surface area contributed by atoms with Crippen LogP contribution in [0.25, 0.3) is 10.2 Å². The Morgan fingerprint density at radius 3 is 2.78 bits per heavy atom. The first kappa shape index (κ1) is 14.7. The number of rotatable bonds is 3. The van der Waals surface area contributed by atoms with Gasteiger partial charge in [0.2, 0.25) is 0 Å². The molecule has 3 aromatic rings. The summed E-state index contributed by atoms with van der Waals surface area (Å²) >= 11 is 1.22. The first-order valence-electron chi connectivity index (χ1n) is 6.52. The zero-order valence-corrected chi connectivity index (χ0v) is 12.4. The molecule has 2 heterocycles. The van der Waals surface area contributed by atoms with Crippen molar-refractivity contribution in [3.63, 3.8) is 0 Å². The summed E-state index contributed by atoms with van der Waals surface area (Å²) in [6.07, 6.45) is 1.64. The predicted molar refractivity (Wildman–Crippen MR) is 85.7 cm³/mol. The fourth-order valence-electron chi connectivity index (χ4n) is 2.07. The number of carboxylic acid groups (broad SMARTS) is 1. The van der Waals surface area contributed by atoms with Crippen LogP contribution in [0.2, 0.25) is 0 Å². The number of hydrogen-bond acceptors (Lipinski definition) is 5. The molecular weight excluding hydrogens is 314 g/mol.